The van der Waals surface area contributed by atoms with Gasteiger partial charge in [-0.15, -0.1) is 0 Å². The molecule has 4 N–H and O–H groups in total. The highest BCUT2D eigenvalue weighted by molar-refractivity contribution is 6.32. The van der Waals surface area contributed by atoms with E-state index in [1.54, 1.807) is 13.4 Å². The van der Waals surface area contributed by atoms with E-state index in [9.17, 15) is 13.2 Å². The lowest BCUT2D eigenvalue weighted by atomic mass is 9.76. The van der Waals surface area contributed by atoms with Crippen molar-refractivity contribution in [3.8, 4) is 0 Å². The van der Waals surface area contributed by atoms with Crippen LogP contribution in [0.2, 0.25) is 0 Å². The largest absolute Gasteiger partial charge is 0.417 e. The van der Waals surface area contributed by atoms with Crippen LogP contribution < -0.4 is 11.1 Å². The number of hydrogen-bond donors (Lipinski definition) is 3. The molecule has 1 saturated heterocycles. The molecule has 2 aromatic rings. The number of ether oxygens (including phenoxy) is 3. The van der Waals surface area contributed by atoms with Crippen molar-refractivity contribution in [2.45, 2.75) is 102 Å². The van der Waals surface area contributed by atoms with Crippen LogP contribution >= 0.6 is 11.6 Å². The standard InChI is InChI=1S/C29H40ClF3N8O3/c1-15(2)40(18-8-16(9-18)6-7-22(34)39-17-10-19(20(30)11-17)29(31,32)33)12-21(42-5)24-27(44-28(3,4)43-24)41-14-38-23-25(35)36-13-37-26(23)41/h10-11,13-18,21,24,27H,6-9,12H2,1-5H3,(H2,34,39)(H2,35,36,37)/t16-,17?,18-,21-,24-,27-/m1/s1. The third kappa shape index (κ3) is 6.89. The molecule has 11 nitrogen and oxygen atoms in total. The Morgan fingerprint density at radius 2 is 1.98 bits per heavy atom. The summed E-state index contributed by atoms with van der Waals surface area (Å²) in [6.45, 7) is 8.64. The van der Waals surface area contributed by atoms with E-state index >= 15 is 0 Å². The summed E-state index contributed by atoms with van der Waals surface area (Å²) >= 11 is 5.76. The molecule has 242 valence electrons. The van der Waals surface area contributed by atoms with Crippen molar-refractivity contribution < 1.29 is 27.4 Å². The summed E-state index contributed by atoms with van der Waals surface area (Å²) in [5.74, 6) is 0.0300. The van der Waals surface area contributed by atoms with Crippen LogP contribution in [0.1, 0.15) is 59.6 Å². The van der Waals surface area contributed by atoms with Crippen LogP contribution in [0.4, 0.5) is 19.0 Å². The minimum atomic E-state index is -4.51. The van der Waals surface area contributed by atoms with Crippen LogP contribution in [0.25, 0.3) is 11.2 Å². The minimum absolute atomic E-state index is 0.199. The van der Waals surface area contributed by atoms with Gasteiger partial charge in [-0.3, -0.25) is 14.9 Å². The van der Waals surface area contributed by atoms with Gasteiger partial charge in [-0.25, -0.2) is 15.0 Å². The molecule has 4 atom stereocenters. The van der Waals surface area contributed by atoms with Crippen molar-refractivity contribution in [3.63, 3.8) is 0 Å². The molecular weight excluding hydrogens is 601 g/mol. The zero-order valence-electron chi connectivity index (χ0n) is 25.4. The predicted molar refractivity (Wildman–Crippen MR) is 160 cm³/mol. The van der Waals surface area contributed by atoms with Crippen molar-refractivity contribution >= 4 is 34.4 Å². The zero-order valence-corrected chi connectivity index (χ0v) is 26.2. The highest BCUT2D eigenvalue weighted by Crippen LogP contribution is 2.41. The minimum Gasteiger partial charge on any atom is -0.382 e. The van der Waals surface area contributed by atoms with E-state index in [-0.39, 0.29) is 28.8 Å². The van der Waals surface area contributed by atoms with E-state index in [1.807, 2.05) is 18.4 Å². The molecule has 5 rings (SSSR count). The first-order valence-electron chi connectivity index (χ1n) is 14.7. The first-order valence-corrected chi connectivity index (χ1v) is 15.1. The molecule has 0 radical (unpaired) electrons. The van der Waals surface area contributed by atoms with Gasteiger partial charge in [-0.1, -0.05) is 11.6 Å². The van der Waals surface area contributed by atoms with Gasteiger partial charge in [0, 0.05) is 32.2 Å². The summed E-state index contributed by atoms with van der Waals surface area (Å²) in [7, 11) is 1.67. The molecule has 0 amide bonds. The Balaban J connectivity index is 1.18. The molecule has 0 bridgehead atoms. The molecule has 44 heavy (non-hydrogen) atoms. The monoisotopic (exact) mass is 640 g/mol. The Kier molecular flexibility index (Phi) is 9.30. The molecule has 2 aromatic heterocycles. The van der Waals surface area contributed by atoms with Gasteiger partial charge >= 0.3 is 6.18 Å². The lowest BCUT2D eigenvalue weighted by Crippen LogP contribution is -2.53. The predicted octanol–water partition coefficient (Wildman–Crippen LogP) is 4.90. The number of alkyl halides is 3. The van der Waals surface area contributed by atoms with E-state index in [1.165, 1.54) is 12.4 Å². The SMILES string of the molecule is CO[C@H](CN(C(C)C)[C@H]1C[C@H](CCC(=N)NC2C=C(Cl)C(C(F)(F)F)=C2)C1)[C@H]1OC(C)(C)O[C@H]1n1cnc2c(N)ncnc21. The van der Waals surface area contributed by atoms with Crippen LogP contribution in [0.15, 0.2) is 35.4 Å². The van der Waals surface area contributed by atoms with E-state index < -0.39 is 35.9 Å². The van der Waals surface area contributed by atoms with Crippen molar-refractivity contribution in [2.24, 2.45) is 5.92 Å². The number of imidazole rings is 1. The number of nitrogens with one attached hydrogen (secondary N) is 2. The van der Waals surface area contributed by atoms with E-state index in [0.29, 0.717) is 36.1 Å². The second-order valence-electron chi connectivity index (χ2n) is 12.4. The molecule has 2 fully saturated rings. The zero-order chi connectivity index (χ0) is 32.0. The second kappa shape index (κ2) is 12.5. The van der Waals surface area contributed by atoms with Crippen LogP contribution in [0, 0.1) is 11.3 Å². The highest BCUT2D eigenvalue weighted by Gasteiger charge is 2.48. The number of nitrogen functional groups attached to an aromatic ring is 1. The van der Waals surface area contributed by atoms with Gasteiger partial charge in [0.25, 0.3) is 0 Å². The average Bonchev–Trinajstić information content (AvgIpc) is 3.59. The number of anilines is 1. The summed E-state index contributed by atoms with van der Waals surface area (Å²) in [4.78, 5) is 15.2. The second-order valence-corrected chi connectivity index (χ2v) is 12.8. The molecule has 1 unspecified atom stereocenters. The molecule has 2 aliphatic carbocycles. The Hall–Kier alpha value is -2.78. The third-order valence-electron chi connectivity index (χ3n) is 8.55. The number of allylic oxidation sites excluding steroid dienone is 2. The highest BCUT2D eigenvalue weighted by atomic mass is 35.5. The first kappa shape index (κ1) is 32.6. The smallest absolute Gasteiger partial charge is 0.382 e. The number of aromatic nitrogens is 4. The maximum Gasteiger partial charge on any atom is 0.417 e. The maximum atomic E-state index is 13.1. The van der Waals surface area contributed by atoms with Crippen molar-refractivity contribution in [1.29, 1.82) is 5.41 Å². The molecular formula is C29H40ClF3N8O3. The van der Waals surface area contributed by atoms with Gasteiger partial charge < -0.3 is 25.3 Å². The fraction of sp³-hybridized carbons (Fsp3) is 0.655. The summed E-state index contributed by atoms with van der Waals surface area (Å²) < 4.78 is 59.7. The number of rotatable bonds is 11. The fourth-order valence-electron chi connectivity index (χ4n) is 6.30. The fourth-order valence-corrected chi connectivity index (χ4v) is 6.61. The van der Waals surface area contributed by atoms with Gasteiger partial charge in [0.1, 0.15) is 24.1 Å². The van der Waals surface area contributed by atoms with Crippen LogP contribution in [-0.4, -0.2) is 86.2 Å². The molecule has 1 saturated carbocycles. The number of amidine groups is 1. The van der Waals surface area contributed by atoms with Gasteiger partial charge in [0.15, 0.2) is 23.5 Å². The van der Waals surface area contributed by atoms with Gasteiger partial charge in [0.05, 0.1) is 28.8 Å². The Morgan fingerprint density at radius 1 is 1.25 bits per heavy atom. The number of fused-ring (bicyclic) bond motifs is 1. The third-order valence-corrected chi connectivity index (χ3v) is 8.88. The lowest BCUT2D eigenvalue weighted by molar-refractivity contribution is -0.163. The maximum absolute atomic E-state index is 13.1. The summed E-state index contributed by atoms with van der Waals surface area (Å²) in [6.07, 6.45) is 2.61. The van der Waals surface area contributed by atoms with Gasteiger partial charge in [0.2, 0.25) is 0 Å². The molecule has 3 heterocycles. The molecule has 3 aliphatic rings. The topological polar surface area (TPSA) is 136 Å². The van der Waals surface area contributed by atoms with Crippen molar-refractivity contribution in [1.82, 2.24) is 29.7 Å². The van der Waals surface area contributed by atoms with Crippen LogP contribution in [0.3, 0.4) is 0 Å². The first-order chi connectivity index (χ1) is 20.7. The van der Waals surface area contributed by atoms with Crippen molar-refractivity contribution in [3.05, 3.63) is 35.4 Å². The molecule has 0 spiro atoms. The average molecular weight is 641 g/mol. The number of nitrogens with zero attached hydrogens (tertiary/aromatic N) is 5. The van der Waals surface area contributed by atoms with Gasteiger partial charge in [-0.05, 0) is 65.0 Å². The summed E-state index contributed by atoms with van der Waals surface area (Å²) in [5, 5.41) is 10.8. The Bertz CT molecular complexity index is 1420. The summed E-state index contributed by atoms with van der Waals surface area (Å²) in [6, 6.07) is -0.171. The molecule has 1 aliphatic heterocycles. The Morgan fingerprint density at radius 3 is 2.61 bits per heavy atom. The van der Waals surface area contributed by atoms with Crippen molar-refractivity contribution in [2.75, 3.05) is 19.4 Å². The van der Waals surface area contributed by atoms with E-state index in [4.69, 9.17) is 37.0 Å². The van der Waals surface area contributed by atoms with Crippen LogP contribution in [-0.2, 0) is 14.2 Å². The van der Waals surface area contributed by atoms with Crippen LogP contribution in [0.5, 0.6) is 0 Å². The normalized spacial score (nSPS) is 27.5. The van der Waals surface area contributed by atoms with Gasteiger partial charge in [-0.2, -0.15) is 13.2 Å². The number of halogens is 4. The summed E-state index contributed by atoms with van der Waals surface area (Å²) in [5.41, 5.74) is 6.19. The quantitative estimate of drug-likeness (QED) is 0.231. The lowest BCUT2D eigenvalue weighted by Gasteiger charge is -2.46. The van der Waals surface area contributed by atoms with E-state index in [0.717, 1.165) is 25.3 Å². The number of hydrogen-bond acceptors (Lipinski definition) is 9. The molecule has 15 heteroatoms. The number of nitrogens with two attached hydrogens (primary N) is 1. The Labute approximate surface area is 259 Å². The molecule has 0 aromatic carbocycles. The number of methoxy groups -OCH3 is 1. The van der Waals surface area contributed by atoms with E-state index in [2.05, 4.69) is 39.0 Å².